The third-order valence-electron chi connectivity index (χ3n) is 2.22. The molecule has 1 heterocycles. The molecule has 0 atom stereocenters. The van der Waals surface area contributed by atoms with E-state index in [9.17, 15) is 14.0 Å². The summed E-state index contributed by atoms with van der Waals surface area (Å²) >= 11 is 5.62. The molecule has 1 aromatic rings. The number of carbonyl (C=O) groups is 2. The summed E-state index contributed by atoms with van der Waals surface area (Å²) in [4.78, 5) is 23.6. The highest BCUT2D eigenvalue weighted by atomic mass is 35.5. The van der Waals surface area contributed by atoms with Crippen LogP contribution in [0, 0.1) is 5.82 Å². The minimum absolute atomic E-state index is 0.0315. The van der Waals surface area contributed by atoms with Gasteiger partial charge in [0.1, 0.15) is 0 Å². The maximum atomic E-state index is 13.6. The maximum Gasteiger partial charge on any atom is 0.246 e. The van der Waals surface area contributed by atoms with Gasteiger partial charge >= 0.3 is 0 Å². The Morgan fingerprint density at radius 2 is 1.88 bits per heavy atom. The molecular weight excluding hydrogens is 235 g/mol. The molecule has 1 N–H and O–H groups in total. The molecule has 4 nitrogen and oxygen atoms in total. The van der Waals surface area contributed by atoms with Crippen LogP contribution in [0.5, 0.6) is 0 Å². The lowest BCUT2D eigenvalue weighted by Crippen LogP contribution is -2.51. The van der Waals surface area contributed by atoms with Crippen molar-refractivity contribution < 1.29 is 14.0 Å². The number of carbonyl (C=O) groups excluding carboxylic acids is 2. The van der Waals surface area contributed by atoms with E-state index >= 15 is 0 Å². The van der Waals surface area contributed by atoms with Crippen LogP contribution in [0.1, 0.15) is 0 Å². The number of hydrogen-bond acceptors (Lipinski definition) is 3. The SMILES string of the molecule is O=C1CN(c2cccc(Cl)c2F)CC(=O)N1. The lowest BCUT2D eigenvalue weighted by atomic mass is 10.2. The van der Waals surface area contributed by atoms with Crippen molar-refractivity contribution in [3.05, 3.63) is 29.0 Å². The first kappa shape index (κ1) is 10.9. The Hall–Kier alpha value is -1.62. The molecule has 0 aliphatic carbocycles. The number of rotatable bonds is 1. The predicted octanol–water partition coefficient (Wildman–Crippen LogP) is 0.942. The number of imide groups is 1. The molecule has 2 amide bonds. The fourth-order valence-corrected chi connectivity index (χ4v) is 1.71. The standard InChI is InChI=1S/C10H8ClFN2O2/c11-6-2-1-3-7(10(6)12)14-4-8(15)13-9(16)5-14/h1-3H,4-5H2,(H,13,15,16). The van der Waals surface area contributed by atoms with Gasteiger partial charge in [-0.3, -0.25) is 14.9 Å². The van der Waals surface area contributed by atoms with Crippen molar-refractivity contribution in [1.29, 1.82) is 0 Å². The van der Waals surface area contributed by atoms with E-state index in [1.54, 1.807) is 6.07 Å². The second kappa shape index (κ2) is 4.09. The molecule has 1 aromatic carbocycles. The zero-order valence-corrected chi connectivity index (χ0v) is 8.92. The first-order chi connectivity index (χ1) is 7.58. The molecule has 0 spiro atoms. The fraction of sp³-hybridized carbons (Fsp3) is 0.200. The zero-order valence-electron chi connectivity index (χ0n) is 8.17. The molecule has 6 heteroatoms. The van der Waals surface area contributed by atoms with Crippen LogP contribution in [0.3, 0.4) is 0 Å². The summed E-state index contributed by atoms with van der Waals surface area (Å²) in [7, 11) is 0. The van der Waals surface area contributed by atoms with Crippen molar-refractivity contribution >= 4 is 29.1 Å². The smallest absolute Gasteiger partial charge is 0.246 e. The van der Waals surface area contributed by atoms with Gasteiger partial charge in [0.05, 0.1) is 23.8 Å². The number of nitrogens with zero attached hydrogens (tertiary/aromatic N) is 1. The fourth-order valence-electron chi connectivity index (χ4n) is 1.54. The van der Waals surface area contributed by atoms with Crippen molar-refractivity contribution in [2.75, 3.05) is 18.0 Å². The first-order valence-electron chi connectivity index (χ1n) is 4.59. The summed E-state index contributed by atoms with van der Waals surface area (Å²) in [5, 5.41) is 2.11. The average molecular weight is 243 g/mol. The molecule has 16 heavy (non-hydrogen) atoms. The number of amides is 2. The van der Waals surface area contributed by atoms with Gasteiger partial charge in [0.25, 0.3) is 0 Å². The Balaban J connectivity index is 2.33. The summed E-state index contributed by atoms with van der Waals surface area (Å²) in [5.41, 5.74) is 0.163. The Kier molecular flexibility index (Phi) is 2.78. The molecule has 0 aromatic heterocycles. The Morgan fingerprint density at radius 1 is 1.25 bits per heavy atom. The second-order valence-electron chi connectivity index (χ2n) is 3.40. The molecule has 1 saturated heterocycles. The molecule has 0 unspecified atom stereocenters. The van der Waals surface area contributed by atoms with Crippen LogP contribution in [0.2, 0.25) is 5.02 Å². The molecule has 1 aliphatic rings. The molecule has 0 radical (unpaired) electrons. The van der Waals surface area contributed by atoms with E-state index in [-0.39, 0.29) is 23.8 Å². The van der Waals surface area contributed by atoms with E-state index in [2.05, 4.69) is 5.32 Å². The highest BCUT2D eigenvalue weighted by Gasteiger charge is 2.24. The number of anilines is 1. The molecule has 1 fully saturated rings. The Labute approximate surface area is 96.0 Å². The topological polar surface area (TPSA) is 49.4 Å². The van der Waals surface area contributed by atoms with E-state index in [4.69, 9.17) is 11.6 Å². The van der Waals surface area contributed by atoms with E-state index < -0.39 is 17.6 Å². The highest BCUT2D eigenvalue weighted by molar-refractivity contribution is 6.31. The minimum Gasteiger partial charge on any atom is -0.350 e. The maximum absolute atomic E-state index is 13.6. The first-order valence-corrected chi connectivity index (χ1v) is 4.97. The predicted molar refractivity (Wildman–Crippen MR) is 56.8 cm³/mol. The van der Waals surface area contributed by atoms with Crippen LogP contribution in [0.25, 0.3) is 0 Å². The summed E-state index contributed by atoms with van der Waals surface area (Å²) in [5.74, 6) is -1.52. The molecule has 0 saturated carbocycles. The van der Waals surface area contributed by atoms with Crippen LogP contribution >= 0.6 is 11.6 Å². The molecule has 1 aliphatic heterocycles. The van der Waals surface area contributed by atoms with Gasteiger partial charge in [0.2, 0.25) is 11.8 Å². The highest BCUT2D eigenvalue weighted by Crippen LogP contribution is 2.25. The number of halogens is 2. The molecule has 2 rings (SSSR count). The van der Waals surface area contributed by atoms with Gasteiger partial charge in [-0.05, 0) is 12.1 Å². The number of hydrogen-bond donors (Lipinski definition) is 1. The quantitative estimate of drug-likeness (QED) is 0.746. The van der Waals surface area contributed by atoms with E-state index in [0.29, 0.717) is 0 Å². The van der Waals surface area contributed by atoms with Crippen molar-refractivity contribution in [2.45, 2.75) is 0 Å². The van der Waals surface area contributed by atoms with Crippen molar-refractivity contribution in [3.63, 3.8) is 0 Å². The normalized spacial score (nSPS) is 16.2. The van der Waals surface area contributed by atoms with Crippen molar-refractivity contribution in [1.82, 2.24) is 5.32 Å². The number of piperazine rings is 1. The summed E-state index contributed by atoms with van der Waals surface area (Å²) in [6, 6.07) is 4.46. The number of nitrogens with one attached hydrogen (secondary N) is 1. The van der Waals surface area contributed by atoms with Gasteiger partial charge in [0, 0.05) is 0 Å². The molecule has 0 bridgehead atoms. The van der Waals surface area contributed by atoms with Gasteiger partial charge in [-0.2, -0.15) is 0 Å². The Bertz CT molecular complexity index is 448. The van der Waals surface area contributed by atoms with Gasteiger partial charge < -0.3 is 4.90 Å². The zero-order chi connectivity index (χ0) is 11.7. The van der Waals surface area contributed by atoms with E-state index in [0.717, 1.165) is 0 Å². The summed E-state index contributed by atoms with van der Waals surface area (Å²) < 4.78 is 13.6. The van der Waals surface area contributed by atoms with Crippen LogP contribution in [-0.4, -0.2) is 24.9 Å². The van der Waals surface area contributed by atoms with Gasteiger partial charge in [-0.25, -0.2) is 4.39 Å². The van der Waals surface area contributed by atoms with E-state index in [1.165, 1.54) is 17.0 Å². The monoisotopic (exact) mass is 242 g/mol. The lowest BCUT2D eigenvalue weighted by Gasteiger charge is -2.27. The summed E-state index contributed by atoms with van der Waals surface area (Å²) in [6.45, 7) is -0.105. The van der Waals surface area contributed by atoms with Gasteiger partial charge in [-0.1, -0.05) is 17.7 Å². The van der Waals surface area contributed by atoms with Gasteiger partial charge in [0.15, 0.2) is 5.82 Å². The Morgan fingerprint density at radius 3 is 2.50 bits per heavy atom. The van der Waals surface area contributed by atoms with Crippen LogP contribution in [0.4, 0.5) is 10.1 Å². The van der Waals surface area contributed by atoms with Crippen molar-refractivity contribution in [3.8, 4) is 0 Å². The average Bonchev–Trinajstić information content (AvgIpc) is 2.20. The van der Waals surface area contributed by atoms with E-state index in [1.807, 2.05) is 0 Å². The largest absolute Gasteiger partial charge is 0.350 e. The third kappa shape index (κ3) is 1.99. The van der Waals surface area contributed by atoms with Crippen LogP contribution in [-0.2, 0) is 9.59 Å². The number of benzene rings is 1. The third-order valence-corrected chi connectivity index (χ3v) is 2.51. The molecular formula is C10H8ClFN2O2. The minimum atomic E-state index is -0.619. The molecule has 84 valence electrons. The summed E-state index contributed by atoms with van der Waals surface area (Å²) in [6.07, 6.45) is 0. The second-order valence-corrected chi connectivity index (χ2v) is 3.81. The van der Waals surface area contributed by atoms with Crippen molar-refractivity contribution in [2.24, 2.45) is 0 Å². The lowest BCUT2D eigenvalue weighted by molar-refractivity contribution is -0.130. The van der Waals surface area contributed by atoms with Crippen LogP contribution in [0.15, 0.2) is 18.2 Å². The van der Waals surface area contributed by atoms with Gasteiger partial charge in [-0.15, -0.1) is 0 Å². The van der Waals surface area contributed by atoms with Crippen LogP contribution < -0.4 is 10.2 Å².